The quantitative estimate of drug-likeness (QED) is 0.501. The molecule has 9 heteroatoms. The summed E-state index contributed by atoms with van der Waals surface area (Å²) < 4.78 is 15.6. The average Bonchev–Trinajstić information content (AvgIpc) is 3.14. The number of aromatic nitrogens is 4. The average molecular weight is 424 g/mol. The van der Waals surface area contributed by atoms with Crippen molar-refractivity contribution in [2.75, 3.05) is 5.32 Å². The maximum atomic E-state index is 14.1. The topological polar surface area (TPSA) is 89.3 Å². The molecular formula is C21H15ClFN5O2. The van der Waals surface area contributed by atoms with Gasteiger partial charge in [-0.05, 0) is 50.2 Å². The molecule has 7 nitrogen and oxygen atoms in total. The van der Waals surface area contributed by atoms with Crippen LogP contribution in [0.3, 0.4) is 0 Å². The third-order valence-electron chi connectivity index (χ3n) is 4.41. The summed E-state index contributed by atoms with van der Waals surface area (Å²) in [7, 11) is 0. The minimum atomic E-state index is -0.668. The number of anilines is 1. The first kappa shape index (κ1) is 19.7. The maximum Gasteiger partial charge on any atom is 0.295 e. The molecular weight excluding hydrogens is 409 g/mol. The number of hydrogen-bond donors (Lipinski definition) is 1. The number of nitrogens with one attached hydrogen (secondary N) is 1. The lowest BCUT2D eigenvalue weighted by molar-refractivity contribution is 0.101. The zero-order valence-electron chi connectivity index (χ0n) is 16.0. The van der Waals surface area contributed by atoms with Crippen molar-refractivity contribution < 1.29 is 14.0 Å². The highest BCUT2D eigenvalue weighted by molar-refractivity contribution is 6.31. The van der Waals surface area contributed by atoms with Gasteiger partial charge in [0.1, 0.15) is 5.82 Å². The number of aryl methyl sites for hydroxylation is 2. The van der Waals surface area contributed by atoms with Gasteiger partial charge >= 0.3 is 0 Å². The fraction of sp³-hybridized carbons (Fsp3) is 0.0952. The second-order valence-corrected chi connectivity index (χ2v) is 7.08. The molecule has 0 radical (unpaired) electrons. The van der Waals surface area contributed by atoms with Gasteiger partial charge < -0.3 is 5.32 Å². The van der Waals surface area contributed by atoms with Crippen LogP contribution in [0.4, 0.5) is 10.1 Å². The zero-order valence-corrected chi connectivity index (χ0v) is 16.7. The van der Waals surface area contributed by atoms with Gasteiger partial charge in [-0.25, -0.2) is 13.9 Å². The number of rotatable bonds is 4. The minimum Gasteiger partial charge on any atom is -0.319 e. The van der Waals surface area contributed by atoms with Crippen LogP contribution >= 0.6 is 11.6 Å². The SMILES string of the molecule is Cc1cc(C)n2nc(C(=O)Nc3ccc(Cl)cc3C(=O)c3ccccc3F)nc2n1. The molecule has 4 rings (SSSR count). The zero-order chi connectivity index (χ0) is 21.4. The summed E-state index contributed by atoms with van der Waals surface area (Å²) in [5, 5.41) is 7.06. The van der Waals surface area contributed by atoms with Gasteiger partial charge in [0.2, 0.25) is 5.82 Å². The molecule has 2 aromatic heterocycles. The number of benzene rings is 2. The molecule has 0 aliphatic rings. The Morgan fingerprint density at radius 3 is 2.57 bits per heavy atom. The van der Waals surface area contributed by atoms with Gasteiger partial charge in [0.05, 0.1) is 11.3 Å². The standard InChI is InChI=1S/C21H15ClFN5O2/c1-11-9-12(2)28-21(24-11)26-19(27-28)20(30)25-17-8-7-13(22)10-15(17)18(29)14-5-3-4-6-16(14)23/h3-10H,1-2H3,(H,25,30). The van der Waals surface area contributed by atoms with Crippen LogP contribution in [0.15, 0.2) is 48.5 Å². The van der Waals surface area contributed by atoms with Crippen LogP contribution in [0, 0.1) is 19.7 Å². The summed E-state index contributed by atoms with van der Waals surface area (Å²) in [6, 6.07) is 11.8. The van der Waals surface area contributed by atoms with Crippen molar-refractivity contribution in [2.45, 2.75) is 13.8 Å². The van der Waals surface area contributed by atoms with Crippen LogP contribution in [0.1, 0.15) is 37.9 Å². The van der Waals surface area contributed by atoms with E-state index in [1.807, 2.05) is 19.9 Å². The summed E-state index contributed by atoms with van der Waals surface area (Å²) >= 11 is 6.03. The third-order valence-corrected chi connectivity index (χ3v) is 4.65. The molecule has 1 amide bonds. The van der Waals surface area contributed by atoms with E-state index in [4.69, 9.17) is 11.6 Å². The Morgan fingerprint density at radius 2 is 1.80 bits per heavy atom. The predicted octanol–water partition coefficient (Wildman–Crippen LogP) is 4.02. The van der Waals surface area contributed by atoms with Gasteiger partial charge in [-0.15, -0.1) is 5.10 Å². The summed E-state index contributed by atoms with van der Waals surface area (Å²) in [5.74, 6) is -1.74. The maximum absolute atomic E-state index is 14.1. The Morgan fingerprint density at radius 1 is 1.03 bits per heavy atom. The van der Waals surface area contributed by atoms with E-state index in [2.05, 4.69) is 20.4 Å². The van der Waals surface area contributed by atoms with E-state index < -0.39 is 17.5 Å². The largest absolute Gasteiger partial charge is 0.319 e. The molecule has 2 heterocycles. The predicted molar refractivity (Wildman–Crippen MR) is 109 cm³/mol. The normalized spacial score (nSPS) is 10.9. The van der Waals surface area contributed by atoms with Crippen molar-refractivity contribution in [3.63, 3.8) is 0 Å². The van der Waals surface area contributed by atoms with Crippen LogP contribution in [0.25, 0.3) is 5.78 Å². The van der Waals surface area contributed by atoms with Crippen LogP contribution in [-0.4, -0.2) is 31.3 Å². The highest BCUT2D eigenvalue weighted by Crippen LogP contribution is 2.25. The summed E-state index contributed by atoms with van der Waals surface area (Å²) in [6.45, 7) is 3.64. The van der Waals surface area contributed by atoms with Crippen molar-refractivity contribution in [3.05, 3.63) is 87.7 Å². The molecule has 0 saturated heterocycles. The van der Waals surface area contributed by atoms with Gasteiger partial charge in [0.15, 0.2) is 5.78 Å². The fourth-order valence-corrected chi connectivity index (χ4v) is 3.22. The highest BCUT2D eigenvalue weighted by atomic mass is 35.5. The first-order valence-corrected chi connectivity index (χ1v) is 9.32. The van der Waals surface area contributed by atoms with E-state index >= 15 is 0 Å². The van der Waals surface area contributed by atoms with Crippen LogP contribution in [0.2, 0.25) is 5.02 Å². The van der Waals surface area contributed by atoms with E-state index in [1.165, 1.54) is 40.9 Å². The Hall–Kier alpha value is -3.65. The number of ketones is 1. The second kappa shape index (κ2) is 7.64. The van der Waals surface area contributed by atoms with Gasteiger partial charge in [0.25, 0.3) is 11.7 Å². The van der Waals surface area contributed by atoms with Crippen LogP contribution < -0.4 is 5.32 Å². The monoisotopic (exact) mass is 423 g/mol. The van der Waals surface area contributed by atoms with Crippen LogP contribution in [0.5, 0.6) is 0 Å². The molecule has 150 valence electrons. The molecule has 30 heavy (non-hydrogen) atoms. The first-order valence-electron chi connectivity index (χ1n) is 8.94. The number of carbonyl (C=O) groups excluding carboxylic acids is 2. The molecule has 0 aliphatic heterocycles. The van der Waals surface area contributed by atoms with E-state index in [1.54, 1.807) is 6.07 Å². The number of carbonyl (C=O) groups is 2. The Balaban J connectivity index is 1.70. The Labute approximate surface area is 175 Å². The number of amides is 1. The van der Waals surface area contributed by atoms with Crippen molar-refractivity contribution in [1.82, 2.24) is 19.6 Å². The summed E-state index contributed by atoms with van der Waals surface area (Å²) in [4.78, 5) is 34.0. The smallest absolute Gasteiger partial charge is 0.295 e. The van der Waals surface area contributed by atoms with Gasteiger partial charge in [-0.3, -0.25) is 9.59 Å². The molecule has 0 atom stereocenters. The Bertz CT molecular complexity index is 1320. The second-order valence-electron chi connectivity index (χ2n) is 6.64. The number of nitrogens with zero attached hydrogens (tertiary/aromatic N) is 4. The third kappa shape index (κ3) is 3.65. The fourth-order valence-electron chi connectivity index (χ4n) is 3.04. The lowest BCUT2D eigenvalue weighted by Crippen LogP contribution is -2.17. The lowest BCUT2D eigenvalue weighted by atomic mass is 10.0. The first-order chi connectivity index (χ1) is 14.3. The van der Waals surface area contributed by atoms with Gasteiger partial charge in [-0.2, -0.15) is 4.98 Å². The van der Waals surface area contributed by atoms with Crippen LogP contribution in [-0.2, 0) is 0 Å². The van der Waals surface area contributed by atoms with Crippen molar-refractivity contribution >= 4 is 34.8 Å². The van der Waals surface area contributed by atoms with E-state index in [-0.39, 0.29) is 33.4 Å². The summed E-state index contributed by atoms with van der Waals surface area (Å²) in [6.07, 6.45) is 0. The molecule has 0 spiro atoms. The van der Waals surface area contributed by atoms with Crippen molar-refractivity contribution in [3.8, 4) is 0 Å². The molecule has 4 aromatic rings. The molecule has 0 saturated carbocycles. The molecule has 0 unspecified atom stereocenters. The van der Waals surface area contributed by atoms with E-state index in [0.29, 0.717) is 0 Å². The molecule has 2 aromatic carbocycles. The number of hydrogen-bond acceptors (Lipinski definition) is 5. The van der Waals surface area contributed by atoms with Crippen molar-refractivity contribution in [1.29, 1.82) is 0 Å². The molecule has 0 fully saturated rings. The van der Waals surface area contributed by atoms with Crippen molar-refractivity contribution in [2.24, 2.45) is 0 Å². The molecule has 1 N–H and O–H groups in total. The van der Waals surface area contributed by atoms with Gasteiger partial charge in [0, 0.05) is 22.0 Å². The highest BCUT2D eigenvalue weighted by Gasteiger charge is 2.21. The van der Waals surface area contributed by atoms with Gasteiger partial charge in [-0.1, -0.05) is 23.7 Å². The summed E-state index contributed by atoms with van der Waals surface area (Å²) in [5.41, 5.74) is 1.60. The molecule has 0 aliphatic carbocycles. The number of halogens is 2. The van der Waals surface area contributed by atoms with E-state index in [9.17, 15) is 14.0 Å². The Kier molecular flexibility index (Phi) is 5.01. The molecule has 0 bridgehead atoms. The lowest BCUT2D eigenvalue weighted by Gasteiger charge is -2.10. The minimum absolute atomic E-state index is 0.0508. The van der Waals surface area contributed by atoms with E-state index in [0.717, 1.165) is 11.4 Å². The number of fused-ring (bicyclic) bond motifs is 1.